The van der Waals surface area contributed by atoms with Crippen LogP contribution in [0, 0.1) is 0 Å². The quantitative estimate of drug-likeness (QED) is 0.825. The Morgan fingerprint density at radius 3 is 2.41 bits per heavy atom. The molecule has 1 aliphatic heterocycles. The lowest BCUT2D eigenvalue weighted by Crippen LogP contribution is -2.48. The van der Waals surface area contributed by atoms with Crippen molar-refractivity contribution >= 4 is 11.8 Å². The standard InChI is InChI=1S/C11H21F3N2S/c1-9(7-17-2)15-10-3-5-16(6-4-10)8-11(12,13)14/h9-10,15H,3-8H2,1-2H3. The molecule has 102 valence electrons. The van der Waals surface area contributed by atoms with Crippen molar-refractivity contribution < 1.29 is 13.2 Å². The van der Waals surface area contributed by atoms with Crippen molar-refractivity contribution in [3.05, 3.63) is 0 Å². The molecular formula is C11H21F3N2S. The number of piperidine rings is 1. The molecule has 0 spiro atoms. The first-order chi connectivity index (χ1) is 7.90. The second kappa shape index (κ2) is 6.85. The van der Waals surface area contributed by atoms with Gasteiger partial charge in [-0.2, -0.15) is 24.9 Å². The lowest BCUT2D eigenvalue weighted by atomic mass is 10.0. The maximum absolute atomic E-state index is 12.2. The van der Waals surface area contributed by atoms with Gasteiger partial charge in [-0.3, -0.25) is 4.90 Å². The zero-order chi connectivity index (χ0) is 12.9. The van der Waals surface area contributed by atoms with Gasteiger partial charge in [0, 0.05) is 17.8 Å². The summed E-state index contributed by atoms with van der Waals surface area (Å²) < 4.78 is 36.6. The van der Waals surface area contributed by atoms with Crippen LogP contribution in [0.3, 0.4) is 0 Å². The summed E-state index contributed by atoms with van der Waals surface area (Å²) in [5, 5.41) is 3.47. The monoisotopic (exact) mass is 270 g/mol. The third-order valence-electron chi connectivity index (χ3n) is 2.93. The van der Waals surface area contributed by atoms with Crippen LogP contribution in [0.4, 0.5) is 13.2 Å². The SMILES string of the molecule is CSCC(C)NC1CCN(CC(F)(F)F)CC1. The average Bonchev–Trinajstić information content (AvgIpc) is 2.19. The molecule has 0 saturated carbocycles. The van der Waals surface area contributed by atoms with Crippen LogP contribution < -0.4 is 5.32 Å². The van der Waals surface area contributed by atoms with Crippen LogP contribution in [0.25, 0.3) is 0 Å². The van der Waals surface area contributed by atoms with Crippen LogP contribution in [-0.4, -0.2) is 54.8 Å². The van der Waals surface area contributed by atoms with Gasteiger partial charge >= 0.3 is 6.18 Å². The summed E-state index contributed by atoms with van der Waals surface area (Å²) in [6.45, 7) is 2.45. The highest BCUT2D eigenvalue weighted by molar-refractivity contribution is 7.98. The van der Waals surface area contributed by atoms with Crippen LogP contribution in [0.1, 0.15) is 19.8 Å². The minimum absolute atomic E-state index is 0.377. The van der Waals surface area contributed by atoms with Gasteiger partial charge in [0.15, 0.2) is 0 Å². The van der Waals surface area contributed by atoms with Crippen molar-refractivity contribution in [2.75, 3.05) is 31.6 Å². The molecule has 1 N–H and O–H groups in total. The highest BCUT2D eigenvalue weighted by Crippen LogP contribution is 2.20. The van der Waals surface area contributed by atoms with Gasteiger partial charge in [-0.05, 0) is 39.1 Å². The normalized spacial score (nSPS) is 21.7. The molecule has 6 heteroatoms. The predicted octanol–water partition coefficient (Wildman–Crippen LogP) is 2.35. The summed E-state index contributed by atoms with van der Waals surface area (Å²) in [4.78, 5) is 1.50. The molecule has 17 heavy (non-hydrogen) atoms. The van der Waals surface area contributed by atoms with E-state index in [1.807, 2.05) is 0 Å². The lowest BCUT2D eigenvalue weighted by Gasteiger charge is -2.34. The van der Waals surface area contributed by atoms with Gasteiger partial charge in [-0.15, -0.1) is 0 Å². The van der Waals surface area contributed by atoms with Gasteiger partial charge in [-0.1, -0.05) is 0 Å². The first kappa shape index (κ1) is 15.1. The number of alkyl halides is 3. The Balaban J connectivity index is 2.21. The van der Waals surface area contributed by atoms with Crippen molar-refractivity contribution in [3.63, 3.8) is 0 Å². The van der Waals surface area contributed by atoms with Crippen LogP contribution in [0.2, 0.25) is 0 Å². The molecule has 1 unspecified atom stereocenters. The Bertz CT molecular complexity index is 215. The number of nitrogens with one attached hydrogen (secondary N) is 1. The van der Waals surface area contributed by atoms with E-state index in [-0.39, 0.29) is 0 Å². The molecule has 1 atom stereocenters. The van der Waals surface area contributed by atoms with Crippen molar-refractivity contribution in [1.29, 1.82) is 0 Å². The summed E-state index contributed by atoms with van der Waals surface area (Å²) in [7, 11) is 0. The first-order valence-corrected chi connectivity index (χ1v) is 7.34. The molecule has 0 aromatic rings. The fourth-order valence-corrected chi connectivity index (χ4v) is 2.81. The van der Waals surface area contributed by atoms with E-state index in [9.17, 15) is 13.2 Å². The summed E-state index contributed by atoms with van der Waals surface area (Å²) in [6, 6.07) is 0.811. The Kier molecular flexibility index (Phi) is 6.09. The van der Waals surface area contributed by atoms with Gasteiger partial charge in [0.25, 0.3) is 0 Å². The predicted molar refractivity (Wildman–Crippen MR) is 66.5 cm³/mol. The van der Waals surface area contributed by atoms with Crippen LogP contribution in [-0.2, 0) is 0 Å². The number of rotatable bonds is 5. The van der Waals surface area contributed by atoms with Gasteiger partial charge < -0.3 is 5.32 Å². The minimum Gasteiger partial charge on any atom is -0.311 e. The first-order valence-electron chi connectivity index (χ1n) is 5.95. The number of nitrogens with zero attached hydrogens (tertiary/aromatic N) is 1. The summed E-state index contributed by atoms with van der Waals surface area (Å²) in [5.74, 6) is 1.04. The molecule has 1 heterocycles. The summed E-state index contributed by atoms with van der Waals surface area (Å²) in [5.41, 5.74) is 0. The topological polar surface area (TPSA) is 15.3 Å². The van der Waals surface area contributed by atoms with Crippen molar-refractivity contribution in [1.82, 2.24) is 10.2 Å². The number of hydrogen-bond acceptors (Lipinski definition) is 3. The Labute approximate surface area is 105 Å². The van der Waals surface area contributed by atoms with Gasteiger partial charge in [0.05, 0.1) is 6.54 Å². The van der Waals surface area contributed by atoms with E-state index >= 15 is 0 Å². The molecule has 1 aliphatic rings. The highest BCUT2D eigenvalue weighted by atomic mass is 32.2. The molecule has 2 nitrogen and oxygen atoms in total. The zero-order valence-electron chi connectivity index (χ0n) is 10.4. The summed E-state index contributed by atoms with van der Waals surface area (Å²) in [6.07, 6.45) is -0.375. The third kappa shape index (κ3) is 6.52. The average molecular weight is 270 g/mol. The van der Waals surface area contributed by atoms with Crippen molar-refractivity contribution in [3.8, 4) is 0 Å². The smallest absolute Gasteiger partial charge is 0.311 e. The Morgan fingerprint density at radius 2 is 1.94 bits per heavy atom. The Hall–Kier alpha value is 0.0600. The maximum Gasteiger partial charge on any atom is 0.401 e. The van der Waals surface area contributed by atoms with E-state index in [1.54, 1.807) is 11.8 Å². The molecule has 0 amide bonds. The zero-order valence-corrected chi connectivity index (χ0v) is 11.2. The van der Waals surface area contributed by atoms with E-state index in [1.165, 1.54) is 4.90 Å². The molecule has 1 saturated heterocycles. The Morgan fingerprint density at radius 1 is 1.35 bits per heavy atom. The largest absolute Gasteiger partial charge is 0.401 e. The number of thioether (sulfide) groups is 1. The number of halogens is 3. The number of hydrogen-bond donors (Lipinski definition) is 1. The molecular weight excluding hydrogens is 249 g/mol. The molecule has 1 rings (SSSR count). The van der Waals surface area contributed by atoms with Crippen molar-refractivity contribution in [2.45, 2.75) is 38.0 Å². The fourth-order valence-electron chi connectivity index (χ4n) is 2.21. The van der Waals surface area contributed by atoms with E-state index in [0.29, 0.717) is 25.2 Å². The van der Waals surface area contributed by atoms with Gasteiger partial charge in [0.1, 0.15) is 0 Å². The number of likely N-dealkylation sites (tertiary alicyclic amines) is 1. The van der Waals surface area contributed by atoms with Crippen LogP contribution in [0.5, 0.6) is 0 Å². The van der Waals surface area contributed by atoms with Crippen LogP contribution >= 0.6 is 11.8 Å². The lowest BCUT2D eigenvalue weighted by molar-refractivity contribution is -0.148. The second-order valence-corrected chi connectivity index (χ2v) is 5.60. The maximum atomic E-state index is 12.2. The molecule has 0 bridgehead atoms. The van der Waals surface area contributed by atoms with Crippen molar-refractivity contribution in [2.24, 2.45) is 0 Å². The van der Waals surface area contributed by atoms with Crippen LogP contribution in [0.15, 0.2) is 0 Å². The van der Waals surface area contributed by atoms with E-state index in [0.717, 1.165) is 18.6 Å². The molecule has 1 fully saturated rings. The summed E-state index contributed by atoms with van der Waals surface area (Å²) >= 11 is 1.79. The van der Waals surface area contributed by atoms with Gasteiger partial charge in [0.2, 0.25) is 0 Å². The molecule has 0 aromatic carbocycles. The molecule has 0 radical (unpaired) electrons. The second-order valence-electron chi connectivity index (χ2n) is 4.69. The van der Waals surface area contributed by atoms with E-state index in [4.69, 9.17) is 0 Å². The van der Waals surface area contributed by atoms with E-state index in [2.05, 4.69) is 18.5 Å². The highest BCUT2D eigenvalue weighted by Gasteiger charge is 2.32. The minimum atomic E-state index is -4.06. The molecule has 0 aliphatic carbocycles. The van der Waals surface area contributed by atoms with Gasteiger partial charge in [-0.25, -0.2) is 0 Å². The third-order valence-corrected chi connectivity index (χ3v) is 3.76. The van der Waals surface area contributed by atoms with E-state index < -0.39 is 12.7 Å². The fraction of sp³-hybridized carbons (Fsp3) is 1.00. The molecule has 0 aromatic heterocycles.